The van der Waals surface area contributed by atoms with Crippen LogP contribution in [0.15, 0.2) is 18.2 Å². The van der Waals surface area contributed by atoms with Gasteiger partial charge >= 0.3 is 5.97 Å². The predicted molar refractivity (Wildman–Crippen MR) is 118 cm³/mol. The second-order valence-electron chi connectivity index (χ2n) is 9.98. The van der Waals surface area contributed by atoms with Crippen LogP contribution in [0.3, 0.4) is 0 Å². The number of carbonyl (C=O) groups is 2. The first-order chi connectivity index (χ1) is 14.1. The van der Waals surface area contributed by atoms with Crippen molar-refractivity contribution in [1.29, 1.82) is 0 Å². The lowest BCUT2D eigenvalue weighted by molar-refractivity contribution is -0.143. The van der Waals surface area contributed by atoms with Crippen LogP contribution in [0.1, 0.15) is 71.3 Å². The first kappa shape index (κ1) is 22.9. The van der Waals surface area contributed by atoms with Gasteiger partial charge in [-0.05, 0) is 68.1 Å². The zero-order chi connectivity index (χ0) is 21.9. The van der Waals surface area contributed by atoms with Gasteiger partial charge in [0.15, 0.2) is 0 Å². The van der Waals surface area contributed by atoms with E-state index in [-0.39, 0.29) is 29.2 Å². The van der Waals surface area contributed by atoms with Crippen molar-refractivity contribution in [3.63, 3.8) is 0 Å². The molecule has 0 spiro atoms. The molecule has 1 amide bonds. The molecule has 1 aromatic carbocycles. The van der Waals surface area contributed by atoms with Crippen LogP contribution in [0, 0.1) is 17.8 Å². The summed E-state index contributed by atoms with van der Waals surface area (Å²) >= 11 is 6.18. The van der Waals surface area contributed by atoms with Gasteiger partial charge in [0.2, 0.25) is 5.91 Å². The molecule has 2 N–H and O–H groups in total. The Balaban J connectivity index is 1.50. The average Bonchev–Trinajstić information content (AvgIpc) is 3.15. The summed E-state index contributed by atoms with van der Waals surface area (Å²) in [5.74, 6) is 0.213. The molecule has 166 valence electrons. The van der Waals surface area contributed by atoms with Crippen molar-refractivity contribution in [3.8, 4) is 5.75 Å². The van der Waals surface area contributed by atoms with E-state index in [4.69, 9.17) is 16.3 Å². The number of aliphatic carboxylic acids is 1. The Hall–Kier alpha value is -1.75. The number of carboxylic acid groups (broad SMARTS) is 1. The van der Waals surface area contributed by atoms with E-state index in [1.165, 1.54) is 0 Å². The molecule has 5 nitrogen and oxygen atoms in total. The van der Waals surface area contributed by atoms with Gasteiger partial charge in [0.05, 0.1) is 12.5 Å². The molecule has 2 aliphatic rings. The van der Waals surface area contributed by atoms with Crippen LogP contribution in [0.4, 0.5) is 0 Å². The van der Waals surface area contributed by atoms with Crippen LogP contribution in [-0.2, 0) is 15.0 Å². The maximum absolute atomic E-state index is 12.7. The fraction of sp³-hybridized carbons (Fsp3) is 0.667. The fourth-order valence-corrected chi connectivity index (χ4v) is 4.92. The van der Waals surface area contributed by atoms with Crippen molar-refractivity contribution < 1.29 is 19.4 Å². The lowest BCUT2D eigenvalue weighted by atomic mass is 9.85. The van der Waals surface area contributed by atoms with Gasteiger partial charge in [-0.2, -0.15) is 0 Å². The van der Waals surface area contributed by atoms with Gasteiger partial charge in [0.25, 0.3) is 0 Å². The Bertz CT molecular complexity index is 773. The van der Waals surface area contributed by atoms with Crippen molar-refractivity contribution in [2.24, 2.45) is 17.8 Å². The molecule has 4 atom stereocenters. The van der Waals surface area contributed by atoms with Crippen LogP contribution in [0.5, 0.6) is 5.75 Å². The number of hydrogen-bond acceptors (Lipinski definition) is 3. The normalized spacial score (nSPS) is 26.9. The van der Waals surface area contributed by atoms with Crippen molar-refractivity contribution in [2.75, 3.05) is 6.61 Å². The molecular formula is C24H34ClNO4. The van der Waals surface area contributed by atoms with E-state index in [2.05, 4.69) is 26.1 Å². The van der Waals surface area contributed by atoms with Crippen LogP contribution < -0.4 is 10.1 Å². The molecule has 3 rings (SSSR count). The Labute approximate surface area is 184 Å². The van der Waals surface area contributed by atoms with Crippen molar-refractivity contribution in [1.82, 2.24) is 5.32 Å². The monoisotopic (exact) mass is 435 g/mol. The summed E-state index contributed by atoms with van der Waals surface area (Å²) in [4.78, 5) is 24.0. The van der Waals surface area contributed by atoms with E-state index in [1.807, 2.05) is 18.2 Å². The molecule has 1 aromatic rings. The van der Waals surface area contributed by atoms with Gasteiger partial charge in [0.1, 0.15) is 5.75 Å². The highest BCUT2D eigenvalue weighted by Gasteiger charge is 2.33. The molecule has 6 heteroatoms. The van der Waals surface area contributed by atoms with Crippen molar-refractivity contribution in [2.45, 2.75) is 77.2 Å². The number of carbonyl (C=O) groups excluding carboxylic acids is 1. The molecule has 0 aliphatic heterocycles. The summed E-state index contributed by atoms with van der Waals surface area (Å²) in [5.41, 5.74) is 1.03. The molecule has 0 saturated heterocycles. The molecule has 4 unspecified atom stereocenters. The quantitative estimate of drug-likeness (QED) is 0.644. The van der Waals surface area contributed by atoms with Gasteiger partial charge in [-0.25, -0.2) is 0 Å². The van der Waals surface area contributed by atoms with Crippen LogP contribution in [0.25, 0.3) is 0 Å². The van der Waals surface area contributed by atoms with E-state index < -0.39 is 5.97 Å². The zero-order valence-electron chi connectivity index (χ0n) is 18.2. The van der Waals surface area contributed by atoms with Gasteiger partial charge in [-0.15, -0.1) is 0 Å². The van der Waals surface area contributed by atoms with Crippen LogP contribution >= 0.6 is 11.6 Å². The van der Waals surface area contributed by atoms with Gasteiger partial charge < -0.3 is 15.2 Å². The topological polar surface area (TPSA) is 75.6 Å². The molecule has 0 bridgehead atoms. The second kappa shape index (κ2) is 9.59. The van der Waals surface area contributed by atoms with E-state index in [1.54, 1.807) is 0 Å². The lowest BCUT2D eigenvalue weighted by Gasteiger charge is -2.28. The van der Waals surface area contributed by atoms with E-state index in [0.717, 1.165) is 43.4 Å². The maximum atomic E-state index is 12.7. The van der Waals surface area contributed by atoms with Gasteiger partial charge in [-0.3, -0.25) is 9.59 Å². The first-order valence-electron chi connectivity index (χ1n) is 11.1. The Kier molecular flexibility index (Phi) is 7.33. The maximum Gasteiger partial charge on any atom is 0.306 e. The summed E-state index contributed by atoms with van der Waals surface area (Å²) in [6.45, 7) is 7.02. The average molecular weight is 436 g/mol. The van der Waals surface area contributed by atoms with Gasteiger partial charge in [0, 0.05) is 22.5 Å². The number of carboxylic acids is 1. The second-order valence-corrected chi connectivity index (χ2v) is 10.4. The molecule has 2 aliphatic carbocycles. The van der Waals surface area contributed by atoms with Gasteiger partial charge in [-0.1, -0.05) is 38.8 Å². The third-order valence-corrected chi connectivity index (χ3v) is 6.74. The molecule has 30 heavy (non-hydrogen) atoms. The molecule has 0 radical (unpaired) electrons. The Morgan fingerprint density at radius 3 is 2.60 bits per heavy atom. The van der Waals surface area contributed by atoms with Crippen LogP contribution in [-0.4, -0.2) is 29.6 Å². The summed E-state index contributed by atoms with van der Waals surface area (Å²) < 4.78 is 6.17. The van der Waals surface area contributed by atoms with Crippen molar-refractivity contribution in [3.05, 3.63) is 28.8 Å². The van der Waals surface area contributed by atoms with E-state index in [9.17, 15) is 14.7 Å². The standard InChI is InChI=1S/C24H34ClNO4/c1-24(2,3)20-13-18(25)9-10-21(20)30-14-15-7-8-16(11-15)22(27)26-19-6-4-5-17(12-19)23(28)29/h9-10,13,15-17,19H,4-8,11-12,14H2,1-3H3,(H,26,27)(H,28,29). The number of nitrogens with one attached hydrogen (secondary N) is 1. The molecule has 2 fully saturated rings. The predicted octanol–water partition coefficient (Wildman–Crippen LogP) is 5.19. The number of amides is 1. The van der Waals surface area contributed by atoms with Crippen molar-refractivity contribution >= 4 is 23.5 Å². The smallest absolute Gasteiger partial charge is 0.306 e. The SMILES string of the molecule is CC(C)(C)c1cc(Cl)ccc1OCC1CCC(C(=O)NC2CCCC(C(=O)O)C2)C1. The Morgan fingerprint density at radius 2 is 1.90 bits per heavy atom. The fourth-order valence-electron chi connectivity index (χ4n) is 4.75. The number of rotatable bonds is 6. The highest BCUT2D eigenvalue weighted by Crippen LogP contribution is 2.36. The highest BCUT2D eigenvalue weighted by atomic mass is 35.5. The number of ether oxygens (including phenoxy) is 1. The number of hydrogen-bond donors (Lipinski definition) is 2. The highest BCUT2D eigenvalue weighted by molar-refractivity contribution is 6.30. The minimum atomic E-state index is -0.746. The van der Waals surface area contributed by atoms with E-state index >= 15 is 0 Å². The summed E-state index contributed by atoms with van der Waals surface area (Å²) in [5, 5.41) is 13.1. The first-order valence-corrected chi connectivity index (χ1v) is 11.5. The third kappa shape index (κ3) is 5.90. The molecule has 0 aromatic heterocycles. The molecule has 2 saturated carbocycles. The Morgan fingerprint density at radius 1 is 1.13 bits per heavy atom. The minimum Gasteiger partial charge on any atom is -0.493 e. The minimum absolute atomic E-state index is 0.00360. The number of benzene rings is 1. The summed E-state index contributed by atoms with van der Waals surface area (Å²) in [6, 6.07) is 5.75. The van der Waals surface area contributed by atoms with Crippen LogP contribution in [0.2, 0.25) is 5.02 Å². The number of halogens is 1. The molecular weight excluding hydrogens is 402 g/mol. The summed E-state index contributed by atoms with van der Waals surface area (Å²) in [7, 11) is 0. The molecule has 0 heterocycles. The van der Waals surface area contributed by atoms with E-state index in [0.29, 0.717) is 30.4 Å². The lowest BCUT2D eigenvalue weighted by Crippen LogP contribution is -2.42. The zero-order valence-corrected chi connectivity index (χ0v) is 19.0. The third-order valence-electron chi connectivity index (χ3n) is 6.51. The largest absolute Gasteiger partial charge is 0.493 e. The summed E-state index contributed by atoms with van der Waals surface area (Å²) in [6.07, 6.45) is 5.65.